The lowest BCUT2D eigenvalue weighted by Gasteiger charge is -2.02. The Morgan fingerprint density at radius 3 is 3.16 bits per heavy atom. The number of rotatable bonds is 2. The maximum Gasteiger partial charge on any atom is 0.319 e. The maximum absolute atomic E-state index is 11.5. The Morgan fingerprint density at radius 1 is 1.42 bits per heavy atom. The van der Waals surface area contributed by atoms with Crippen LogP contribution in [0.5, 0.6) is 0 Å². The van der Waals surface area contributed by atoms with E-state index in [9.17, 15) is 4.79 Å². The number of cyclic esters (lactones) is 1. The van der Waals surface area contributed by atoms with E-state index in [-0.39, 0.29) is 11.2 Å². The molecule has 7 heteroatoms. The number of nitrogens with one attached hydrogen (secondary N) is 1. The quantitative estimate of drug-likeness (QED) is 0.719. The van der Waals surface area contributed by atoms with E-state index in [1.54, 1.807) is 0 Å². The van der Waals surface area contributed by atoms with Crippen molar-refractivity contribution in [2.45, 2.75) is 16.8 Å². The fourth-order valence-corrected chi connectivity index (χ4v) is 3.25. The first kappa shape index (κ1) is 10.9. The van der Waals surface area contributed by atoms with E-state index in [2.05, 4.69) is 15.2 Å². The molecule has 1 saturated heterocycles. The van der Waals surface area contributed by atoms with Gasteiger partial charge in [0.05, 0.1) is 17.6 Å². The van der Waals surface area contributed by atoms with Crippen molar-refractivity contribution in [2.24, 2.45) is 0 Å². The Hall–Kier alpha value is -2.02. The van der Waals surface area contributed by atoms with Gasteiger partial charge in [0.1, 0.15) is 5.25 Å². The predicted octanol–water partition coefficient (Wildman–Crippen LogP) is 1.62. The number of carbonyl (C=O) groups is 1. The Kier molecular flexibility index (Phi) is 2.28. The van der Waals surface area contributed by atoms with Gasteiger partial charge in [-0.05, 0) is 12.1 Å². The van der Waals surface area contributed by atoms with Gasteiger partial charge in [0.2, 0.25) is 5.78 Å². The second-order valence-corrected chi connectivity index (χ2v) is 5.50. The molecule has 1 N–H and O–H groups in total. The molecule has 0 spiro atoms. The number of esters is 1. The van der Waals surface area contributed by atoms with Crippen molar-refractivity contribution in [3.8, 4) is 0 Å². The fraction of sp³-hybridized carbons (Fsp3) is 0.250. The molecule has 6 nitrogen and oxygen atoms in total. The molecule has 19 heavy (non-hydrogen) atoms. The highest BCUT2D eigenvalue weighted by atomic mass is 32.2. The van der Waals surface area contributed by atoms with Crippen LogP contribution in [0.3, 0.4) is 0 Å². The molecule has 96 valence electrons. The zero-order chi connectivity index (χ0) is 12.8. The number of nitrogens with zero attached hydrogens (tertiary/aromatic N) is 3. The molecule has 0 saturated carbocycles. The molecule has 0 aliphatic carbocycles. The second kappa shape index (κ2) is 3.99. The van der Waals surface area contributed by atoms with Gasteiger partial charge >= 0.3 is 5.97 Å². The monoisotopic (exact) mass is 274 g/mol. The third-order valence-corrected chi connectivity index (χ3v) is 4.34. The van der Waals surface area contributed by atoms with Crippen LogP contribution in [0.1, 0.15) is 6.42 Å². The first-order valence-corrected chi connectivity index (χ1v) is 6.86. The average molecular weight is 274 g/mol. The number of benzene rings is 1. The Labute approximate surface area is 112 Å². The van der Waals surface area contributed by atoms with Crippen LogP contribution >= 0.6 is 11.8 Å². The summed E-state index contributed by atoms with van der Waals surface area (Å²) >= 11 is 1.42. The normalized spacial score (nSPS) is 19.4. The minimum absolute atomic E-state index is 0.162. The molecule has 3 heterocycles. The highest BCUT2D eigenvalue weighted by molar-refractivity contribution is 8.00. The number of thioether (sulfide) groups is 1. The van der Waals surface area contributed by atoms with Crippen LogP contribution in [0, 0.1) is 0 Å². The number of hydrogen-bond donors (Lipinski definition) is 1. The van der Waals surface area contributed by atoms with Crippen molar-refractivity contribution in [3.05, 3.63) is 24.3 Å². The summed E-state index contributed by atoms with van der Waals surface area (Å²) < 4.78 is 6.91. The number of ether oxygens (including phenoxy) is 1. The summed E-state index contributed by atoms with van der Waals surface area (Å²) in [7, 11) is 0. The van der Waals surface area contributed by atoms with Gasteiger partial charge in [-0.2, -0.15) is 0 Å². The number of aromatic nitrogens is 4. The molecule has 1 aromatic carbocycles. The number of carbonyl (C=O) groups excluding carboxylic acids is 1. The molecule has 0 bridgehead atoms. The number of H-pyrrole nitrogens is 1. The van der Waals surface area contributed by atoms with E-state index in [1.165, 1.54) is 11.8 Å². The molecule has 2 aromatic heterocycles. The van der Waals surface area contributed by atoms with E-state index in [0.717, 1.165) is 22.6 Å². The summed E-state index contributed by atoms with van der Waals surface area (Å²) in [4.78, 5) is 16.0. The molecular formula is C12H10N4O2S. The zero-order valence-corrected chi connectivity index (χ0v) is 10.7. The second-order valence-electron chi connectivity index (χ2n) is 4.33. The number of aromatic amines is 1. The van der Waals surface area contributed by atoms with Crippen molar-refractivity contribution in [1.82, 2.24) is 19.6 Å². The van der Waals surface area contributed by atoms with Gasteiger partial charge in [-0.25, -0.2) is 10.1 Å². The number of imidazole rings is 1. The third kappa shape index (κ3) is 1.61. The highest BCUT2D eigenvalue weighted by Crippen LogP contribution is 2.30. The van der Waals surface area contributed by atoms with E-state index in [1.807, 2.05) is 28.7 Å². The summed E-state index contributed by atoms with van der Waals surface area (Å²) in [5.74, 6) is 0.528. The molecule has 3 aromatic rings. The van der Waals surface area contributed by atoms with Gasteiger partial charge in [-0.1, -0.05) is 23.9 Å². The average Bonchev–Trinajstić information content (AvgIpc) is 3.07. The summed E-state index contributed by atoms with van der Waals surface area (Å²) in [6.45, 7) is 0.495. The number of hydrogen-bond acceptors (Lipinski definition) is 5. The molecule has 4 rings (SSSR count). The van der Waals surface area contributed by atoms with Crippen LogP contribution in [0.2, 0.25) is 0 Å². The summed E-state index contributed by atoms with van der Waals surface area (Å²) in [5.41, 5.74) is 1.90. The standard InChI is InChI=1S/C12H10N4O2S/c17-10-9(5-6-18-10)19-12-15-14-11-13-7-3-1-2-4-8(7)16(11)12/h1-4,9H,5-6H2,(H,13,14)/t9-/m1/s1. The first-order valence-electron chi connectivity index (χ1n) is 5.98. The molecule has 0 radical (unpaired) electrons. The topological polar surface area (TPSA) is 72.3 Å². The van der Waals surface area contributed by atoms with Crippen molar-refractivity contribution in [1.29, 1.82) is 0 Å². The number of fused-ring (bicyclic) bond motifs is 3. The molecule has 0 unspecified atom stereocenters. The molecule has 1 fully saturated rings. The predicted molar refractivity (Wildman–Crippen MR) is 70.1 cm³/mol. The zero-order valence-electron chi connectivity index (χ0n) is 9.87. The minimum Gasteiger partial charge on any atom is -0.465 e. The van der Waals surface area contributed by atoms with Gasteiger partial charge < -0.3 is 4.74 Å². The van der Waals surface area contributed by atoms with Gasteiger partial charge in [0, 0.05) is 6.42 Å². The molecule has 1 aliphatic rings. The van der Waals surface area contributed by atoms with Gasteiger partial charge in [-0.15, -0.1) is 5.10 Å². The maximum atomic E-state index is 11.5. The Morgan fingerprint density at radius 2 is 2.32 bits per heavy atom. The van der Waals surface area contributed by atoms with Crippen LogP contribution in [-0.4, -0.2) is 37.4 Å². The van der Waals surface area contributed by atoms with Crippen LogP contribution in [0.15, 0.2) is 29.4 Å². The smallest absolute Gasteiger partial charge is 0.319 e. The van der Waals surface area contributed by atoms with E-state index < -0.39 is 0 Å². The minimum atomic E-state index is -0.173. The summed E-state index contributed by atoms with van der Waals surface area (Å²) in [6.07, 6.45) is 0.727. The van der Waals surface area contributed by atoms with Crippen LogP contribution in [-0.2, 0) is 9.53 Å². The van der Waals surface area contributed by atoms with E-state index in [0.29, 0.717) is 12.4 Å². The lowest BCUT2D eigenvalue weighted by Crippen LogP contribution is -2.10. The van der Waals surface area contributed by atoms with E-state index in [4.69, 9.17) is 4.74 Å². The van der Waals surface area contributed by atoms with Crippen LogP contribution < -0.4 is 0 Å². The third-order valence-electron chi connectivity index (χ3n) is 3.14. The van der Waals surface area contributed by atoms with Gasteiger partial charge in [-0.3, -0.25) is 9.20 Å². The Balaban J connectivity index is 1.83. The number of para-hydroxylation sites is 2. The summed E-state index contributed by atoms with van der Waals surface area (Å²) in [5, 5.41) is 7.70. The van der Waals surface area contributed by atoms with E-state index >= 15 is 0 Å². The van der Waals surface area contributed by atoms with Gasteiger partial charge in [0.15, 0.2) is 5.16 Å². The summed E-state index contributed by atoms with van der Waals surface area (Å²) in [6, 6.07) is 7.85. The van der Waals surface area contributed by atoms with Gasteiger partial charge in [0.25, 0.3) is 0 Å². The SMILES string of the molecule is O=C1OCC[C@H]1Sc1n[nH]c2nc3ccccc3n12. The van der Waals surface area contributed by atoms with Crippen molar-refractivity contribution in [2.75, 3.05) is 6.61 Å². The lowest BCUT2D eigenvalue weighted by atomic mass is 10.3. The molecule has 0 amide bonds. The highest BCUT2D eigenvalue weighted by Gasteiger charge is 2.29. The Bertz CT molecular complexity index is 778. The van der Waals surface area contributed by atoms with Crippen LogP contribution in [0.4, 0.5) is 0 Å². The first-order chi connectivity index (χ1) is 9.33. The van der Waals surface area contributed by atoms with Crippen molar-refractivity contribution in [3.63, 3.8) is 0 Å². The largest absolute Gasteiger partial charge is 0.465 e. The fourth-order valence-electron chi connectivity index (χ4n) is 2.23. The molecule has 1 aliphatic heterocycles. The van der Waals surface area contributed by atoms with Crippen molar-refractivity contribution >= 4 is 34.5 Å². The van der Waals surface area contributed by atoms with Crippen LogP contribution in [0.25, 0.3) is 16.8 Å². The lowest BCUT2D eigenvalue weighted by molar-refractivity contribution is -0.137. The molecular weight excluding hydrogens is 264 g/mol. The molecule has 1 atom stereocenters. The van der Waals surface area contributed by atoms with Crippen molar-refractivity contribution < 1.29 is 9.53 Å².